The third-order valence-corrected chi connectivity index (χ3v) is 5.11. The van der Waals surface area contributed by atoms with Gasteiger partial charge in [-0.05, 0) is 43.9 Å². The molecule has 1 aliphatic carbocycles. The molecule has 0 aromatic carbocycles. The molecule has 0 bridgehead atoms. The standard InChI is InChI=1S/C14H29NO/c1-5-14(16,6-2)13(11-15)9-7-12(3,4)8-10-13/h16H,5-11,15H2,1-4H3. The van der Waals surface area contributed by atoms with Gasteiger partial charge in [0.1, 0.15) is 0 Å². The van der Waals surface area contributed by atoms with Gasteiger partial charge in [0, 0.05) is 12.0 Å². The minimum Gasteiger partial charge on any atom is -0.389 e. The van der Waals surface area contributed by atoms with E-state index in [4.69, 9.17) is 5.73 Å². The summed E-state index contributed by atoms with van der Waals surface area (Å²) in [4.78, 5) is 0. The molecular weight excluding hydrogens is 198 g/mol. The first-order valence-electron chi connectivity index (χ1n) is 6.77. The van der Waals surface area contributed by atoms with E-state index in [1.165, 1.54) is 12.8 Å². The molecule has 16 heavy (non-hydrogen) atoms. The van der Waals surface area contributed by atoms with E-state index < -0.39 is 5.60 Å². The van der Waals surface area contributed by atoms with Crippen molar-refractivity contribution in [2.45, 2.75) is 71.8 Å². The van der Waals surface area contributed by atoms with Gasteiger partial charge in [-0.3, -0.25) is 0 Å². The summed E-state index contributed by atoms with van der Waals surface area (Å²) in [5.41, 5.74) is 5.84. The molecule has 2 heteroatoms. The fourth-order valence-electron chi connectivity index (χ4n) is 3.26. The highest BCUT2D eigenvalue weighted by Crippen LogP contribution is 2.51. The molecule has 0 aromatic heterocycles. The van der Waals surface area contributed by atoms with Crippen molar-refractivity contribution in [1.29, 1.82) is 0 Å². The van der Waals surface area contributed by atoms with Gasteiger partial charge in [-0.1, -0.05) is 27.7 Å². The minimum atomic E-state index is -0.557. The Balaban J connectivity index is 2.88. The Morgan fingerprint density at radius 2 is 1.50 bits per heavy atom. The Bertz CT molecular complexity index is 221. The van der Waals surface area contributed by atoms with Crippen LogP contribution in [0.25, 0.3) is 0 Å². The Kier molecular flexibility index (Phi) is 4.07. The summed E-state index contributed by atoms with van der Waals surface area (Å²) in [5.74, 6) is 0. The van der Waals surface area contributed by atoms with E-state index in [9.17, 15) is 5.11 Å². The lowest BCUT2D eigenvalue weighted by Gasteiger charge is -2.52. The van der Waals surface area contributed by atoms with Crippen molar-refractivity contribution < 1.29 is 5.11 Å². The van der Waals surface area contributed by atoms with Gasteiger partial charge in [0.2, 0.25) is 0 Å². The van der Waals surface area contributed by atoms with E-state index in [1.807, 2.05) is 0 Å². The molecule has 2 nitrogen and oxygen atoms in total. The molecule has 1 saturated carbocycles. The van der Waals surface area contributed by atoms with Gasteiger partial charge in [0.25, 0.3) is 0 Å². The average Bonchev–Trinajstić information content (AvgIpc) is 2.29. The Labute approximate surface area is 101 Å². The van der Waals surface area contributed by atoms with Crippen LogP contribution in [-0.2, 0) is 0 Å². The van der Waals surface area contributed by atoms with Crippen LogP contribution in [0.5, 0.6) is 0 Å². The van der Waals surface area contributed by atoms with Crippen LogP contribution in [0.15, 0.2) is 0 Å². The quantitative estimate of drug-likeness (QED) is 0.775. The van der Waals surface area contributed by atoms with Gasteiger partial charge < -0.3 is 10.8 Å². The predicted octanol–water partition coefficient (Wildman–Crippen LogP) is 3.08. The highest BCUT2D eigenvalue weighted by atomic mass is 16.3. The SMILES string of the molecule is CCC(O)(CC)C1(CN)CCC(C)(C)CC1. The second-order valence-corrected chi connectivity index (χ2v) is 6.39. The van der Waals surface area contributed by atoms with Crippen LogP contribution in [0.2, 0.25) is 0 Å². The van der Waals surface area contributed by atoms with Crippen molar-refractivity contribution in [1.82, 2.24) is 0 Å². The number of rotatable bonds is 4. The number of hydrogen-bond donors (Lipinski definition) is 2. The zero-order valence-electron chi connectivity index (χ0n) is 11.5. The van der Waals surface area contributed by atoms with E-state index in [0.29, 0.717) is 12.0 Å². The molecule has 0 spiro atoms. The second-order valence-electron chi connectivity index (χ2n) is 6.39. The monoisotopic (exact) mass is 227 g/mol. The summed E-state index contributed by atoms with van der Waals surface area (Å²) in [5, 5.41) is 10.8. The fourth-order valence-corrected chi connectivity index (χ4v) is 3.26. The first kappa shape index (κ1) is 14.0. The van der Waals surface area contributed by atoms with Crippen LogP contribution >= 0.6 is 0 Å². The zero-order valence-corrected chi connectivity index (χ0v) is 11.5. The van der Waals surface area contributed by atoms with Gasteiger partial charge in [0.05, 0.1) is 5.60 Å². The van der Waals surface area contributed by atoms with Crippen molar-refractivity contribution in [2.75, 3.05) is 6.54 Å². The molecule has 0 amide bonds. The molecule has 0 radical (unpaired) electrons. The normalized spacial score (nSPS) is 24.4. The summed E-state index contributed by atoms with van der Waals surface area (Å²) in [7, 11) is 0. The summed E-state index contributed by atoms with van der Waals surface area (Å²) in [6.45, 7) is 9.44. The molecule has 0 unspecified atom stereocenters. The fraction of sp³-hybridized carbons (Fsp3) is 1.00. The smallest absolute Gasteiger partial charge is 0.0710 e. The lowest BCUT2D eigenvalue weighted by atomic mass is 9.57. The van der Waals surface area contributed by atoms with Gasteiger partial charge in [-0.25, -0.2) is 0 Å². The van der Waals surface area contributed by atoms with Crippen molar-refractivity contribution in [3.05, 3.63) is 0 Å². The highest BCUT2D eigenvalue weighted by Gasteiger charge is 2.49. The Morgan fingerprint density at radius 1 is 1.06 bits per heavy atom. The summed E-state index contributed by atoms with van der Waals surface area (Å²) in [6.07, 6.45) is 6.17. The zero-order chi connectivity index (χ0) is 12.4. The topological polar surface area (TPSA) is 46.2 Å². The predicted molar refractivity (Wildman–Crippen MR) is 69.3 cm³/mol. The first-order valence-corrected chi connectivity index (χ1v) is 6.77. The van der Waals surface area contributed by atoms with Gasteiger partial charge in [-0.15, -0.1) is 0 Å². The summed E-state index contributed by atoms with van der Waals surface area (Å²) in [6, 6.07) is 0. The molecule has 0 aromatic rings. The van der Waals surface area contributed by atoms with Gasteiger partial charge >= 0.3 is 0 Å². The molecule has 1 fully saturated rings. The molecule has 3 N–H and O–H groups in total. The number of nitrogens with two attached hydrogens (primary N) is 1. The van der Waals surface area contributed by atoms with Gasteiger partial charge in [-0.2, -0.15) is 0 Å². The highest BCUT2D eigenvalue weighted by molar-refractivity contribution is 5.02. The molecule has 1 aliphatic rings. The average molecular weight is 227 g/mol. The van der Waals surface area contributed by atoms with Crippen molar-refractivity contribution in [2.24, 2.45) is 16.6 Å². The van der Waals surface area contributed by atoms with Crippen molar-refractivity contribution in [3.63, 3.8) is 0 Å². The lowest BCUT2D eigenvalue weighted by Crippen LogP contribution is -2.54. The maximum atomic E-state index is 10.8. The van der Waals surface area contributed by atoms with Crippen molar-refractivity contribution >= 4 is 0 Å². The molecule has 0 saturated heterocycles. The Hall–Kier alpha value is -0.0800. The number of aliphatic hydroxyl groups is 1. The van der Waals surface area contributed by atoms with E-state index in [2.05, 4.69) is 27.7 Å². The largest absolute Gasteiger partial charge is 0.389 e. The van der Waals surface area contributed by atoms with E-state index in [-0.39, 0.29) is 5.41 Å². The van der Waals surface area contributed by atoms with E-state index in [1.54, 1.807) is 0 Å². The van der Waals surface area contributed by atoms with Crippen LogP contribution in [0.1, 0.15) is 66.2 Å². The lowest BCUT2D eigenvalue weighted by molar-refractivity contribution is -0.116. The maximum Gasteiger partial charge on any atom is 0.0710 e. The molecular formula is C14H29NO. The van der Waals surface area contributed by atoms with Crippen LogP contribution < -0.4 is 5.73 Å². The third-order valence-electron chi connectivity index (χ3n) is 5.11. The van der Waals surface area contributed by atoms with Gasteiger partial charge in [0.15, 0.2) is 0 Å². The first-order chi connectivity index (χ1) is 7.35. The molecule has 1 rings (SSSR count). The minimum absolute atomic E-state index is 0.0357. The maximum absolute atomic E-state index is 10.8. The molecule has 96 valence electrons. The summed E-state index contributed by atoms with van der Waals surface area (Å²) < 4.78 is 0. The van der Waals surface area contributed by atoms with Crippen molar-refractivity contribution in [3.8, 4) is 0 Å². The van der Waals surface area contributed by atoms with Crippen LogP contribution in [0.3, 0.4) is 0 Å². The molecule has 0 aliphatic heterocycles. The van der Waals surface area contributed by atoms with Crippen LogP contribution in [0, 0.1) is 10.8 Å². The van der Waals surface area contributed by atoms with E-state index >= 15 is 0 Å². The van der Waals surface area contributed by atoms with Crippen LogP contribution in [0.4, 0.5) is 0 Å². The molecule has 0 heterocycles. The third kappa shape index (κ3) is 2.28. The number of hydrogen-bond acceptors (Lipinski definition) is 2. The van der Waals surface area contributed by atoms with Crippen LogP contribution in [-0.4, -0.2) is 17.3 Å². The second kappa shape index (κ2) is 4.66. The summed E-state index contributed by atoms with van der Waals surface area (Å²) >= 11 is 0. The Morgan fingerprint density at radius 3 is 1.81 bits per heavy atom. The van der Waals surface area contributed by atoms with E-state index in [0.717, 1.165) is 25.7 Å². The molecule has 0 atom stereocenters.